The van der Waals surface area contributed by atoms with Gasteiger partial charge in [0.25, 0.3) is 5.91 Å². The zero-order valence-electron chi connectivity index (χ0n) is 10.3. The van der Waals surface area contributed by atoms with Crippen LogP contribution in [0, 0.1) is 5.92 Å². The van der Waals surface area contributed by atoms with E-state index in [9.17, 15) is 9.59 Å². The van der Waals surface area contributed by atoms with Crippen LogP contribution in [0.25, 0.3) is 0 Å². The van der Waals surface area contributed by atoms with E-state index in [0.717, 1.165) is 12.8 Å². The van der Waals surface area contributed by atoms with Crippen LogP contribution < -0.4 is 11.1 Å². The molecule has 1 fully saturated rings. The first-order chi connectivity index (χ1) is 9.06. The first kappa shape index (κ1) is 13.9. The maximum atomic E-state index is 11.7. The van der Waals surface area contributed by atoms with Crippen LogP contribution in [0.3, 0.4) is 0 Å². The van der Waals surface area contributed by atoms with Crippen molar-refractivity contribution in [1.82, 2.24) is 5.32 Å². The van der Waals surface area contributed by atoms with Crippen molar-refractivity contribution in [2.24, 2.45) is 5.92 Å². The number of nitrogens with one attached hydrogen (secondary N) is 1. The van der Waals surface area contributed by atoms with Gasteiger partial charge in [-0.1, -0.05) is 0 Å². The molecule has 5 nitrogen and oxygen atoms in total. The highest BCUT2D eigenvalue weighted by molar-refractivity contribution is 9.10. The summed E-state index contributed by atoms with van der Waals surface area (Å²) in [5.41, 5.74) is 6.45. The lowest BCUT2D eigenvalue weighted by atomic mass is 10.2. The first-order valence-corrected chi connectivity index (χ1v) is 6.84. The standard InChI is InChI=1S/C13H15BrN2O3/c14-10-4-3-9(5-11(10)15)13(18)19-7-12(17)16-6-8-1-2-8/h3-5,8H,1-2,6-7,15H2,(H,16,17). The molecule has 1 amide bonds. The molecular formula is C13H15BrN2O3. The van der Waals surface area contributed by atoms with Gasteiger partial charge >= 0.3 is 5.97 Å². The van der Waals surface area contributed by atoms with Gasteiger partial charge in [0.1, 0.15) is 0 Å². The molecule has 1 aromatic rings. The number of carbonyl (C=O) groups excluding carboxylic acids is 2. The van der Waals surface area contributed by atoms with Gasteiger partial charge in [-0.15, -0.1) is 0 Å². The Hall–Kier alpha value is -1.56. The molecule has 6 heteroatoms. The van der Waals surface area contributed by atoms with E-state index < -0.39 is 5.97 Å². The summed E-state index contributed by atoms with van der Waals surface area (Å²) in [6, 6.07) is 4.76. The van der Waals surface area contributed by atoms with Crippen LogP contribution >= 0.6 is 15.9 Å². The van der Waals surface area contributed by atoms with Crippen molar-refractivity contribution in [3.8, 4) is 0 Å². The fourth-order valence-electron chi connectivity index (χ4n) is 1.52. The van der Waals surface area contributed by atoms with E-state index in [0.29, 0.717) is 28.2 Å². The number of anilines is 1. The third-order valence-corrected chi connectivity index (χ3v) is 3.57. The molecule has 0 radical (unpaired) electrons. The fourth-order valence-corrected chi connectivity index (χ4v) is 1.76. The topological polar surface area (TPSA) is 81.4 Å². The number of esters is 1. The van der Waals surface area contributed by atoms with Crippen molar-refractivity contribution >= 4 is 33.5 Å². The molecule has 1 aliphatic rings. The second-order valence-corrected chi connectivity index (χ2v) is 5.41. The molecule has 0 unspecified atom stereocenters. The quantitative estimate of drug-likeness (QED) is 0.637. The Balaban J connectivity index is 1.79. The summed E-state index contributed by atoms with van der Waals surface area (Å²) in [6.45, 7) is 0.406. The van der Waals surface area contributed by atoms with Gasteiger partial charge in [0.15, 0.2) is 6.61 Å². The summed E-state index contributed by atoms with van der Waals surface area (Å²) in [5.74, 6) is -0.225. The van der Waals surface area contributed by atoms with Crippen LogP contribution in [0.4, 0.5) is 5.69 Å². The predicted molar refractivity (Wildman–Crippen MR) is 74.6 cm³/mol. The molecule has 0 bridgehead atoms. The summed E-state index contributed by atoms with van der Waals surface area (Å²) >= 11 is 3.24. The van der Waals surface area contributed by atoms with Gasteiger partial charge < -0.3 is 15.8 Å². The lowest BCUT2D eigenvalue weighted by Gasteiger charge is -2.07. The summed E-state index contributed by atoms with van der Waals surface area (Å²) < 4.78 is 5.63. The minimum Gasteiger partial charge on any atom is -0.452 e. The second kappa shape index (κ2) is 6.06. The van der Waals surface area contributed by atoms with Crippen LogP contribution in [-0.4, -0.2) is 25.0 Å². The van der Waals surface area contributed by atoms with E-state index in [2.05, 4.69) is 21.2 Å². The highest BCUT2D eigenvalue weighted by Crippen LogP contribution is 2.27. The van der Waals surface area contributed by atoms with Crippen LogP contribution in [0.5, 0.6) is 0 Å². The van der Waals surface area contributed by atoms with Crippen LogP contribution in [0.1, 0.15) is 23.2 Å². The van der Waals surface area contributed by atoms with Crippen molar-refractivity contribution in [3.63, 3.8) is 0 Å². The van der Waals surface area contributed by atoms with Crippen molar-refractivity contribution in [2.75, 3.05) is 18.9 Å². The lowest BCUT2D eigenvalue weighted by Crippen LogP contribution is -2.30. The molecule has 1 aromatic carbocycles. The summed E-state index contributed by atoms with van der Waals surface area (Å²) in [6.07, 6.45) is 2.33. The molecule has 0 atom stereocenters. The zero-order valence-corrected chi connectivity index (χ0v) is 11.9. The number of nitrogen functional groups attached to an aromatic ring is 1. The molecule has 2 rings (SSSR count). The number of hydrogen-bond acceptors (Lipinski definition) is 4. The Bertz CT molecular complexity index is 501. The van der Waals surface area contributed by atoms with Crippen molar-refractivity contribution in [3.05, 3.63) is 28.2 Å². The number of benzene rings is 1. The van der Waals surface area contributed by atoms with Crippen LogP contribution in [-0.2, 0) is 9.53 Å². The van der Waals surface area contributed by atoms with Gasteiger partial charge in [-0.05, 0) is 52.9 Å². The molecule has 3 N–H and O–H groups in total. The number of carbonyl (C=O) groups is 2. The zero-order chi connectivity index (χ0) is 13.8. The predicted octanol–water partition coefficient (Wildman–Crippen LogP) is 1.71. The van der Waals surface area contributed by atoms with Crippen molar-refractivity contribution in [2.45, 2.75) is 12.8 Å². The van der Waals surface area contributed by atoms with E-state index in [4.69, 9.17) is 10.5 Å². The van der Waals surface area contributed by atoms with Crippen molar-refractivity contribution in [1.29, 1.82) is 0 Å². The monoisotopic (exact) mass is 326 g/mol. The average molecular weight is 327 g/mol. The third kappa shape index (κ3) is 4.24. The van der Waals surface area contributed by atoms with Gasteiger partial charge in [-0.25, -0.2) is 4.79 Å². The highest BCUT2D eigenvalue weighted by atomic mass is 79.9. The molecule has 0 saturated heterocycles. The van der Waals surface area contributed by atoms with Crippen molar-refractivity contribution < 1.29 is 14.3 Å². The summed E-state index contributed by atoms with van der Waals surface area (Å²) in [4.78, 5) is 23.1. The van der Waals surface area contributed by atoms with Gasteiger partial charge in [-0.2, -0.15) is 0 Å². The summed E-state index contributed by atoms with van der Waals surface area (Å²) in [7, 11) is 0. The second-order valence-electron chi connectivity index (χ2n) is 4.56. The number of rotatable bonds is 5. The highest BCUT2D eigenvalue weighted by Gasteiger charge is 2.21. The van der Waals surface area contributed by atoms with Gasteiger partial charge in [-0.3, -0.25) is 4.79 Å². The lowest BCUT2D eigenvalue weighted by molar-refractivity contribution is -0.124. The van der Waals surface area contributed by atoms with E-state index in [1.54, 1.807) is 12.1 Å². The number of halogens is 1. The van der Waals surface area contributed by atoms with Crippen LogP contribution in [0.2, 0.25) is 0 Å². The number of ether oxygens (including phenoxy) is 1. The van der Waals surface area contributed by atoms with E-state index >= 15 is 0 Å². The molecule has 0 spiro atoms. The smallest absolute Gasteiger partial charge is 0.338 e. The van der Waals surface area contributed by atoms with Crippen LogP contribution in [0.15, 0.2) is 22.7 Å². The average Bonchev–Trinajstić information content (AvgIpc) is 3.20. The fraction of sp³-hybridized carbons (Fsp3) is 0.385. The Morgan fingerprint density at radius 2 is 2.16 bits per heavy atom. The van der Waals surface area contributed by atoms with E-state index in [-0.39, 0.29) is 12.5 Å². The maximum absolute atomic E-state index is 11.7. The summed E-state index contributed by atoms with van der Waals surface area (Å²) in [5, 5.41) is 2.72. The normalized spacial score (nSPS) is 13.9. The molecule has 102 valence electrons. The van der Waals surface area contributed by atoms with Gasteiger partial charge in [0.05, 0.1) is 5.56 Å². The number of hydrogen-bond donors (Lipinski definition) is 2. The Kier molecular flexibility index (Phi) is 4.42. The van der Waals surface area contributed by atoms with E-state index in [1.807, 2.05) is 0 Å². The minimum absolute atomic E-state index is 0.262. The molecule has 0 aliphatic heterocycles. The number of amides is 1. The minimum atomic E-state index is -0.555. The maximum Gasteiger partial charge on any atom is 0.338 e. The Labute approximate surface area is 119 Å². The van der Waals surface area contributed by atoms with E-state index in [1.165, 1.54) is 6.07 Å². The number of nitrogens with two attached hydrogens (primary N) is 1. The molecule has 0 aromatic heterocycles. The molecule has 1 aliphatic carbocycles. The largest absolute Gasteiger partial charge is 0.452 e. The van der Waals surface area contributed by atoms with Gasteiger partial charge in [0, 0.05) is 16.7 Å². The molecule has 1 saturated carbocycles. The molecular weight excluding hydrogens is 312 g/mol. The SMILES string of the molecule is Nc1cc(C(=O)OCC(=O)NCC2CC2)ccc1Br. The third-order valence-electron chi connectivity index (χ3n) is 2.85. The Morgan fingerprint density at radius 1 is 1.42 bits per heavy atom. The first-order valence-electron chi connectivity index (χ1n) is 6.05. The Morgan fingerprint density at radius 3 is 2.79 bits per heavy atom. The van der Waals surface area contributed by atoms with Gasteiger partial charge in [0.2, 0.25) is 0 Å². The molecule has 19 heavy (non-hydrogen) atoms. The molecule has 0 heterocycles.